The second-order valence-corrected chi connectivity index (χ2v) is 7.73. The van der Waals surface area contributed by atoms with Gasteiger partial charge in [-0.3, -0.25) is 9.47 Å². The van der Waals surface area contributed by atoms with Crippen LogP contribution in [0, 0.1) is 0 Å². The standard InChI is InChI=1S/C22H19N5O4S/c1-29-17-7-3-2-6-16(17)21-24-25-22(27(21)26-10-4-5-11-26)32-13-20(28)23-15-8-9-18-19(12-15)31-14-30-18/h2-12H,13-14H2,1H3,(H,23,28). The maximum atomic E-state index is 12.6. The Labute approximate surface area is 187 Å². The number of methoxy groups -OCH3 is 1. The summed E-state index contributed by atoms with van der Waals surface area (Å²) in [7, 11) is 1.62. The van der Waals surface area contributed by atoms with Crippen molar-refractivity contribution >= 4 is 23.4 Å². The number of ether oxygens (including phenoxy) is 3. The molecule has 0 atom stereocenters. The molecule has 32 heavy (non-hydrogen) atoms. The van der Waals surface area contributed by atoms with E-state index in [1.165, 1.54) is 11.8 Å². The highest BCUT2D eigenvalue weighted by Crippen LogP contribution is 2.34. The van der Waals surface area contributed by atoms with Crippen LogP contribution < -0.4 is 19.5 Å². The van der Waals surface area contributed by atoms with E-state index in [1.807, 2.05) is 58.1 Å². The number of hydrogen-bond donors (Lipinski definition) is 1. The number of anilines is 1. The lowest BCUT2D eigenvalue weighted by Gasteiger charge is -2.13. The van der Waals surface area contributed by atoms with Crippen molar-refractivity contribution < 1.29 is 19.0 Å². The van der Waals surface area contributed by atoms with Gasteiger partial charge >= 0.3 is 0 Å². The number of carbonyl (C=O) groups excluding carboxylic acids is 1. The largest absolute Gasteiger partial charge is 0.496 e. The maximum absolute atomic E-state index is 12.6. The number of rotatable bonds is 7. The Kier molecular flexibility index (Phi) is 5.42. The van der Waals surface area contributed by atoms with Crippen LogP contribution in [-0.4, -0.2) is 45.1 Å². The van der Waals surface area contributed by atoms with Crippen molar-refractivity contribution in [1.82, 2.24) is 19.5 Å². The number of benzene rings is 2. The van der Waals surface area contributed by atoms with E-state index in [4.69, 9.17) is 14.2 Å². The first kappa shape index (κ1) is 20.0. The van der Waals surface area contributed by atoms with E-state index >= 15 is 0 Å². The first-order valence-electron chi connectivity index (χ1n) is 9.77. The van der Waals surface area contributed by atoms with Crippen LogP contribution in [0.25, 0.3) is 11.4 Å². The first-order chi connectivity index (χ1) is 15.7. The van der Waals surface area contributed by atoms with Gasteiger partial charge in [-0.1, -0.05) is 23.9 Å². The number of amides is 1. The molecule has 0 unspecified atom stereocenters. The van der Waals surface area contributed by atoms with E-state index in [1.54, 1.807) is 25.3 Å². The fourth-order valence-electron chi connectivity index (χ4n) is 3.32. The number of fused-ring (bicyclic) bond motifs is 1. The van der Waals surface area contributed by atoms with Gasteiger partial charge in [-0.05, 0) is 36.4 Å². The highest BCUT2D eigenvalue weighted by Gasteiger charge is 2.20. The molecule has 0 bridgehead atoms. The Balaban J connectivity index is 1.37. The Morgan fingerprint density at radius 3 is 2.75 bits per heavy atom. The lowest BCUT2D eigenvalue weighted by molar-refractivity contribution is -0.113. The van der Waals surface area contributed by atoms with Crippen LogP contribution in [0.1, 0.15) is 0 Å². The molecule has 5 rings (SSSR count). The molecule has 0 spiro atoms. The highest BCUT2D eigenvalue weighted by atomic mass is 32.2. The van der Waals surface area contributed by atoms with Crippen LogP contribution in [-0.2, 0) is 4.79 Å². The quantitative estimate of drug-likeness (QED) is 0.432. The van der Waals surface area contributed by atoms with Crippen molar-refractivity contribution in [2.45, 2.75) is 5.16 Å². The van der Waals surface area contributed by atoms with Gasteiger partial charge in [0.15, 0.2) is 17.3 Å². The second kappa shape index (κ2) is 8.67. The Hall–Kier alpha value is -3.92. The van der Waals surface area contributed by atoms with Crippen LogP contribution in [0.15, 0.2) is 72.1 Å². The van der Waals surface area contributed by atoms with Crippen LogP contribution in [0.3, 0.4) is 0 Å². The summed E-state index contributed by atoms with van der Waals surface area (Å²) in [6.45, 7) is 0.187. The number of nitrogens with one attached hydrogen (secondary N) is 1. The number of thioether (sulfide) groups is 1. The zero-order chi connectivity index (χ0) is 21.9. The molecule has 0 radical (unpaired) electrons. The van der Waals surface area contributed by atoms with E-state index in [-0.39, 0.29) is 18.5 Å². The van der Waals surface area contributed by atoms with Crippen LogP contribution in [0.4, 0.5) is 5.69 Å². The molecule has 2 aromatic heterocycles. The average molecular weight is 449 g/mol. The molecule has 10 heteroatoms. The predicted molar refractivity (Wildman–Crippen MR) is 119 cm³/mol. The fourth-order valence-corrected chi connectivity index (χ4v) is 4.06. The molecule has 0 aliphatic carbocycles. The topological polar surface area (TPSA) is 92.4 Å². The normalized spacial score (nSPS) is 12.0. The van der Waals surface area contributed by atoms with E-state index in [0.29, 0.717) is 33.9 Å². The summed E-state index contributed by atoms with van der Waals surface area (Å²) < 4.78 is 19.9. The molecule has 4 aromatic rings. The Morgan fingerprint density at radius 2 is 1.91 bits per heavy atom. The summed E-state index contributed by atoms with van der Waals surface area (Å²) in [6, 6.07) is 16.7. The summed E-state index contributed by atoms with van der Waals surface area (Å²) >= 11 is 1.29. The number of hydrogen-bond acceptors (Lipinski definition) is 7. The zero-order valence-electron chi connectivity index (χ0n) is 17.1. The van der Waals surface area contributed by atoms with Crippen molar-refractivity contribution in [2.75, 3.05) is 25.0 Å². The molecule has 1 N–H and O–H groups in total. The molecule has 2 aromatic carbocycles. The summed E-state index contributed by atoms with van der Waals surface area (Å²) in [4.78, 5) is 12.6. The van der Waals surface area contributed by atoms with Crippen molar-refractivity contribution in [1.29, 1.82) is 0 Å². The smallest absolute Gasteiger partial charge is 0.234 e. The van der Waals surface area contributed by atoms with Gasteiger partial charge in [-0.2, -0.15) is 0 Å². The molecular weight excluding hydrogens is 430 g/mol. The molecule has 9 nitrogen and oxygen atoms in total. The van der Waals surface area contributed by atoms with Crippen LogP contribution in [0.5, 0.6) is 17.2 Å². The van der Waals surface area contributed by atoms with Gasteiger partial charge in [0.05, 0.1) is 18.4 Å². The number of nitrogens with zero attached hydrogens (tertiary/aromatic N) is 4. The number of aromatic nitrogens is 4. The molecule has 1 amide bonds. The molecule has 0 saturated heterocycles. The molecule has 1 aliphatic heterocycles. The van der Waals surface area contributed by atoms with Gasteiger partial charge < -0.3 is 19.5 Å². The minimum Gasteiger partial charge on any atom is -0.496 e. The van der Waals surface area contributed by atoms with E-state index < -0.39 is 0 Å². The maximum Gasteiger partial charge on any atom is 0.234 e. The van der Waals surface area contributed by atoms with Crippen LogP contribution in [0.2, 0.25) is 0 Å². The third kappa shape index (κ3) is 3.87. The third-order valence-electron chi connectivity index (χ3n) is 4.77. The number of carbonyl (C=O) groups is 1. The van der Waals surface area contributed by atoms with E-state index in [9.17, 15) is 4.79 Å². The second-order valence-electron chi connectivity index (χ2n) is 6.79. The molecule has 162 valence electrons. The molecular formula is C22H19N5O4S. The Morgan fingerprint density at radius 1 is 1.09 bits per heavy atom. The zero-order valence-corrected chi connectivity index (χ0v) is 17.9. The van der Waals surface area contributed by atoms with Crippen molar-refractivity contribution in [3.05, 3.63) is 67.0 Å². The van der Waals surface area contributed by atoms with E-state index in [0.717, 1.165) is 5.56 Å². The van der Waals surface area contributed by atoms with Gasteiger partial charge in [0.2, 0.25) is 17.9 Å². The average Bonchev–Trinajstić information content (AvgIpc) is 3.57. The lowest BCUT2D eigenvalue weighted by atomic mass is 10.2. The summed E-state index contributed by atoms with van der Waals surface area (Å²) in [5, 5.41) is 12.2. The number of para-hydroxylation sites is 1. The summed E-state index contributed by atoms with van der Waals surface area (Å²) in [5.74, 6) is 2.56. The van der Waals surface area contributed by atoms with Gasteiger partial charge in [-0.25, -0.2) is 4.68 Å². The lowest BCUT2D eigenvalue weighted by Crippen LogP contribution is -2.16. The molecule has 1 aliphatic rings. The third-order valence-corrected chi connectivity index (χ3v) is 5.69. The van der Waals surface area contributed by atoms with Crippen molar-refractivity contribution in [2.24, 2.45) is 0 Å². The minimum atomic E-state index is -0.172. The monoisotopic (exact) mass is 449 g/mol. The first-order valence-corrected chi connectivity index (χ1v) is 10.8. The van der Waals surface area contributed by atoms with Crippen molar-refractivity contribution in [3.8, 4) is 28.6 Å². The summed E-state index contributed by atoms with van der Waals surface area (Å²) in [5.41, 5.74) is 1.44. The van der Waals surface area contributed by atoms with Gasteiger partial charge in [0.1, 0.15) is 5.75 Å². The Bertz CT molecular complexity index is 1260. The van der Waals surface area contributed by atoms with Crippen LogP contribution >= 0.6 is 11.8 Å². The fraction of sp³-hybridized carbons (Fsp3) is 0.136. The van der Waals surface area contributed by atoms with Crippen molar-refractivity contribution in [3.63, 3.8) is 0 Å². The molecule has 0 fully saturated rings. The SMILES string of the molecule is COc1ccccc1-c1nnc(SCC(=O)Nc2ccc3c(c2)OCO3)n1-n1cccc1. The highest BCUT2D eigenvalue weighted by molar-refractivity contribution is 7.99. The van der Waals surface area contributed by atoms with E-state index in [2.05, 4.69) is 15.5 Å². The van der Waals surface area contributed by atoms with Gasteiger partial charge in [-0.15, -0.1) is 10.2 Å². The minimum absolute atomic E-state index is 0.153. The van der Waals surface area contributed by atoms with Gasteiger partial charge in [0.25, 0.3) is 0 Å². The molecule has 0 saturated carbocycles. The van der Waals surface area contributed by atoms with Gasteiger partial charge in [0, 0.05) is 24.1 Å². The molecule has 3 heterocycles. The summed E-state index contributed by atoms with van der Waals surface area (Å²) in [6.07, 6.45) is 3.78. The predicted octanol–water partition coefficient (Wildman–Crippen LogP) is 3.53.